The van der Waals surface area contributed by atoms with Crippen LogP contribution < -0.4 is 5.32 Å². The molecular weight excluding hydrogens is 318 g/mol. The number of aryl methyl sites for hydroxylation is 1. The Kier molecular flexibility index (Phi) is 5.69. The zero-order valence-corrected chi connectivity index (χ0v) is 14.1. The molecule has 0 bridgehead atoms. The molecule has 1 amide bonds. The number of nitrogens with one attached hydrogen (secondary N) is 1. The first-order valence-corrected chi connectivity index (χ1v) is 8.84. The Bertz CT molecular complexity index is 772. The van der Waals surface area contributed by atoms with Gasteiger partial charge in [0.15, 0.2) is 0 Å². The van der Waals surface area contributed by atoms with Crippen molar-refractivity contribution in [1.29, 1.82) is 0 Å². The van der Waals surface area contributed by atoms with Gasteiger partial charge in [0, 0.05) is 42.7 Å². The number of carbonyl (C=O) groups excluding carboxylic acids is 1. The van der Waals surface area contributed by atoms with E-state index in [1.807, 2.05) is 47.8 Å². The van der Waals surface area contributed by atoms with E-state index in [0.717, 1.165) is 29.1 Å². The lowest BCUT2D eigenvalue weighted by Gasteiger charge is -2.04. The van der Waals surface area contributed by atoms with Crippen molar-refractivity contribution in [3.8, 4) is 10.6 Å². The average Bonchev–Trinajstić information content (AvgIpc) is 3.11. The molecule has 0 saturated heterocycles. The van der Waals surface area contributed by atoms with Crippen molar-refractivity contribution < 1.29 is 4.79 Å². The summed E-state index contributed by atoms with van der Waals surface area (Å²) in [7, 11) is 0. The quantitative estimate of drug-likeness (QED) is 0.718. The third-order valence-corrected chi connectivity index (χ3v) is 4.61. The van der Waals surface area contributed by atoms with E-state index >= 15 is 0 Å². The Hall–Kier alpha value is -2.53. The maximum Gasteiger partial charge on any atom is 0.220 e. The number of nitrogens with zero attached hydrogens (tertiary/aromatic N) is 2. The monoisotopic (exact) mass is 337 g/mol. The molecule has 3 rings (SSSR count). The van der Waals surface area contributed by atoms with Crippen LogP contribution in [0.2, 0.25) is 0 Å². The lowest BCUT2D eigenvalue weighted by Crippen LogP contribution is -2.25. The van der Waals surface area contributed by atoms with Gasteiger partial charge in [0.1, 0.15) is 5.01 Å². The molecule has 0 saturated carbocycles. The fourth-order valence-corrected chi connectivity index (χ4v) is 3.23. The van der Waals surface area contributed by atoms with Gasteiger partial charge in [-0.05, 0) is 24.1 Å². The van der Waals surface area contributed by atoms with Crippen molar-refractivity contribution in [1.82, 2.24) is 15.3 Å². The first-order valence-electron chi connectivity index (χ1n) is 7.97. The lowest BCUT2D eigenvalue weighted by molar-refractivity contribution is -0.121. The van der Waals surface area contributed by atoms with Crippen molar-refractivity contribution in [3.63, 3.8) is 0 Å². The number of benzene rings is 1. The molecular formula is C19H19N3OS. The second kappa shape index (κ2) is 8.36. The molecule has 0 fully saturated rings. The summed E-state index contributed by atoms with van der Waals surface area (Å²) in [5.74, 6) is 0.0865. The van der Waals surface area contributed by atoms with Gasteiger partial charge in [-0.2, -0.15) is 0 Å². The molecule has 0 aliphatic carbocycles. The number of carbonyl (C=O) groups is 1. The maximum atomic E-state index is 11.9. The molecule has 1 N–H and O–H groups in total. The molecule has 4 nitrogen and oxygen atoms in total. The average molecular weight is 337 g/mol. The van der Waals surface area contributed by atoms with E-state index in [9.17, 15) is 4.79 Å². The third kappa shape index (κ3) is 4.73. The van der Waals surface area contributed by atoms with Crippen molar-refractivity contribution in [2.75, 3.05) is 6.54 Å². The highest BCUT2D eigenvalue weighted by atomic mass is 32.1. The summed E-state index contributed by atoms with van der Waals surface area (Å²) in [5, 5.41) is 6.00. The van der Waals surface area contributed by atoms with E-state index in [0.29, 0.717) is 13.0 Å². The van der Waals surface area contributed by atoms with Gasteiger partial charge >= 0.3 is 0 Å². The lowest BCUT2D eigenvalue weighted by atomic mass is 10.1. The normalized spacial score (nSPS) is 10.5. The number of rotatable bonds is 7. The summed E-state index contributed by atoms with van der Waals surface area (Å²) < 4.78 is 0. The predicted octanol–water partition coefficient (Wildman–Crippen LogP) is 3.50. The highest BCUT2D eigenvalue weighted by molar-refractivity contribution is 7.13. The van der Waals surface area contributed by atoms with E-state index < -0.39 is 0 Å². The van der Waals surface area contributed by atoms with Crippen LogP contribution >= 0.6 is 11.3 Å². The van der Waals surface area contributed by atoms with Crippen LogP contribution in [0.4, 0.5) is 0 Å². The largest absolute Gasteiger partial charge is 0.356 e. The standard InChI is InChI=1S/C19H19N3OS/c23-18(7-6-15-4-2-1-3-5-15)21-13-10-17-14-24-19(22-17)16-8-11-20-12-9-16/h1-5,8-9,11-12,14H,6-7,10,13H2,(H,21,23). The van der Waals surface area contributed by atoms with Gasteiger partial charge in [0.05, 0.1) is 5.69 Å². The van der Waals surface area contributed by atoms with Crippen LogP contribution in [0.3, 0.4) is 0 Å². The summed E-state index contributed by atoms with van der Waals surface area (Å²) in [6, 6.07) is 14.0. The van der Waals surface area contributed by atoms with E-state index in [4.69, 9.17) is 0 Å². The molecule has 0 spiro atoms. The van der Waals surface area contributed by atoms with Gasteiger partial charge in [0.25, 0.3) is 0 Å². The van der Waals surface area contributed by atoms with Crippen molar-refractivity contribution >= 4 is 17.2 Å². The number of aromatic nitrogens is 2. The topological polar surface area (TPSA) is 54.9 Å². The minimum absolute atomic E-state index is 0.0865. The van der Waals surface area contributed by atoms with Crippen LogP contribution in [0.5, 0.6) is 0 Å². The molecule has 24 heavy (non-hydrogen) atoms. The zero-order valence-electron chi connectivity index (χ0n) is 13.3. The molecule has 2 aromatic heterocycles. The number of hydrogen-bond donors (Lipinski definition) is 1. The van der Waals surface area contributed by atoms with Crippen LogP contribution in [-0.4, -0.2) is 22.4 Å². The van der Waals surface area contributed by atoms with Gasteiger partial charge in [-0.15, -0.1) is 11.3 Å². The Balaban J connectivity index is 1.42. The second-order valence-electron chi connectivity index (χ2n) is 5.47. The van der Waals surface area contributed by atoms with Crippen molar-refractivity contribution in [2.45, 2.75) is 19.3 Å². The van der Waals surface area contributed by atoms with Crippen molar-refractivity contribution in [2.24, 2.45) is 0 Å². The van der Waals surface area contributed by atoms with Crippen LogP contribution in [0.15, 0.2) is 60.2 Å². The van der Waals surface area contributed by atoms with E-state index in [2.05, 4.69) is 15.3 Å². The molecule has 2 heterocycles. The fraction of sp³-hybridized carbons (Fsp3) is 0.211. The predicted molar refractivity (Wildman–Crippen MR) is 96.8 cm³/mol. The summed E-state index contributed by atoms with van der Waals surface area (Å²) in [5.41, 5.74) is 3.28. The smallest absolute Gasteiger partial charge is 0.220 e. The zero-order chi connectivity index (χ0) is 16.6. The molecule has 5 heteroatoms. The Morgan fingerprint density at radius 2 is 1.83 bits per heavy atom. The summed E-state index contributed by atoms with van der Waals surface area (Å²) in [6.07, 6.45) is 5.57. The molecule has 0 unspecified atom stereocenters. The number of amides is 1. The molecule has 0 aliphatic heterocycles. The van der Waals surface area contributed by atoms with Gasteiger partial charge in [0.2, 0.25) is 5.91 Å². The van der Waals surface area contributed by atoms with E-state index in [1.54, 1.807) is 23.7 Å². The molecule has 0 atom stereocenters. The minimum atomic E-state index is 0.0865. The fourth-order valence-electron chi connectivity index (χ4n) is 2.37. The highest BCUT2D eigenvalue weighted by Crippen LogP contribution is 2.22. The highest BCUT2D eigenvalue weighted by Gasteiger charge is 2.06. The van der Waals surface area contributed by atoms with Crippen LogP contribution in [0.1, 0.15) is 17.7 Å². The van der Waals surface area contributed by atoms with Crippen LogP contribution in [0.25, 0.3) is 10.6 Å². The van der Waals surface area contributed by atoms with Crippen LogP contribution in [0, 0.1) is 0 Å². The van der Waals surface area contributed by atoms with E-state index in [-0.39, 0.29) is 5.91 Å². The van der Waals surface area contributed by atoms with Gasteiger partial charge < -0.3 is 5.32 Å². The number of thiazole rings is 1. The molecule has 1 aromatic carbocycles. The molecule has 3 aromatic rings. The minimum Gasteiger partial charge on any atom is -0.356 e. The Labute approximate surface area is 145 Å². The summed E-state index contributed by atoms with van der Waals surface area (Å²) in [4.78, 5) is 20.5. The summed E-state index contributed by atoms with van der Waals surface area (Å²) >= 11 is 1.62. The molecule has 0 aliphatic rings. The first kappa shape index (κ1) is 16.3. The Morgan fingerprint density at radius 1 is 1.04 bits per heavy atom. The second-order valence-corrected chi connectivity index (χ2v) is 6.32. The summed E-state index contributed by atoms with van der Waals surface area (Å²) in [6.45, 7) is 0.618. The maximum absolute atomic E-state index is 11.9. The molecule has 122 valence electrons. The van der Waals surface area contributed by atoms with Gasteiger partial charge in [-0.25, -0.2) is 4.98 Å². The van der Waals surface area contributed by atoms with E-state index in [1.165, 1.54) is 5.56 Å². The third-order valence-electron chi connectivity index (χ3n) is 3.67. The van der Waals surface area contributed by atoms with Crippen LogP contribution in [-0.2, 0) is 17.6 Å². The van der Waals surface area contributed by atoms with Gasteiger partial charge in [-0.1, -0.05) is 30.3 Å². The number of pyridine rings is 1. The number of hydrogen-bond acceptors (Lipinski definition) is 4. The van der Waals surface area contributed by atoms with Gasteiger partial charge in [-0.3, -0.25) is 9.78 Å². The molecule has 0 radical (unpaired) electrons. The Morgan fingerprint density at radius 3 is 2.62 bits per heavy atom. The SMILES string of the molecule is O=C(CCc1ccccc1)NCCc1csc(-c2ccncc2)n1. The first-order chi connectivity index (χ1) is 11.8. The van der Waals surface area contributed by atoms with Crippen molar-refractivity contribution in [3.05, 3.63) is 71.5 Å².